The van der Waals surface area contributed by atoms with Gasteiger partial charge in [0.15, 0.2) is 10.8 Å². The van der Waals surface area contributed by atoms with Gasteiger partial charge in [-0.1, -0.05) is 11.6 Å². The summed E-state index contributed by atoms with van der Waals surface area (Å²) in [6.07, 6.45) is 1.27. The zero-order valence-electron chi connectivity index (χ0n) is 8.78. The number of H-pyrrole nitrogens is 1. The number of anilines is 1. The second kappa shape index (κ2) is 3.64. The van der Waals surface area contributed by atoms with Crippen LogP contribution in [0.1, 0.15) is 11.4 Å². The van der Waals surface area contributed by atoms with E-state index in [-0.39, 0.29) is 10.8 Å². The number of aromatic nitrogens is 4. The highest BCUT2D eigenvalue weighted by atomic mass is 35.5. The molecule has 7 heteroatoms. The predicted molar refractivity (Wildman–Crippen MR) is 60.9 cm³/mol. The van der Waals surface area contributed by atoms with Gasteiger partial charge in [-0.15, -0.1) is 0 Å². The number of hydrogen-bond acceptors (Lipinski definition) is 4. The number of halogens is 1. The van der Waals surface area contributed by atoms with Gasteiger partial charge in [-0.3, -0.25) is 4.79 Å². The Morgan fingerprint density at radius 3 is 2.75 bits per heavy atom. The number of hydrogen-bond donors (Lipinski definition) is 2. The fraction of sp³-hybridized carbons (Fsp3) is 0.222. The van der Waals surface area contributed by atoms with E-state index < -0.39 is 5.56 Å². The van der Waals surface area contributed by atoms with E-state index in [9.17, 15) is 4.79 Å². The second-order valence-corrected chi connectivity index (χ2v) is 3.74. The van der Waals surface area contributed by atoms with Crippen LogP contribution in [-0.2, 0) is 0 Å². The minimum Gasteiger partial charge on any atom is -0.396 e. The Morgan fingerprint density at radius 1 is 1.50 bits per heavy atom. The van der Waals surface area contributed by atoms with Crippen molar-refractivity contribution in [1.82, 2.24) is 19.7 Å². The maximum atomic E-state index is 11.3. The van der Waals surface area contributed by atoms with Crippen molar-refractivity contribution in [2.24, 2.45) is 0 Å². The molecule has 6 nitrogen and oxygen atoms in total. The molecule has 2 aromatic rings. The number of nitrogen functional groups attached to an aromatic ring is 1. The highest BCUT2D eigenvalue weighted by Crippen LogP contribution is 2.20. The molecule has 2 aromatic heterocycles. The first-order valence-electron chi connectivity index (χ1n) is 4.57. The van der Waals surface area contributed by atoms with Gasteiger partial charge in [-0.25, -0.2) is 9.67 Å². The van der Waals surface area contributed by atoms with Gasteiger partial charge >= 0.3 is 0 Å². The van der Waals surface area contributed by atoms with Crippen molar-refractivity contribution in [2.45, 2.75) is 13.8 Å². The van der Waals surface area contributed by atoms with Crippen molar-refractivity contribution in [3.8, 4) is 5.82 Å². The van der Waals surface area contributed by atoms with E-state index in [4.69, 9.17) is 17.3 Å². The lowest BCUT2D eigenvalue weighted by Gasteiger charge is -2.03. The third kappa shape index (κ3) is 1.47. The fourth-order valence-electron chi connectivity index (χ4n) is 1.38. The van der Waals surface area contributed by atoms with Crippen LogP contribution in [0.25, 0.3) is 5.82 Å². The lowest BCUT2D eigenvalue weighted by molar-refractivity contribution is 0.798. The lowest BCUT2D eigenvalue weighted by atomic mass is 10.3. The van der Waals surface area contributed by atoms with Crippen LogP contribution in [0.5, 0.6) is 0 Å². The zero-order chi connectivity index (χ0) is 11.9. The van der Waals surface area contributed by atoms with Crippen LogP contribution >= 0.6 is 11.6 Å². The van der Waals surface area contributed by atoms with Gasteiger partial charge in [0.05, 0.1) is 23.4 Å². The van der Waals surface area contributed by atoms with Crippen LogP contribution in [0, 0.1) is 13.8 Å². The first-order valence-corrected chi connectivity index (χ1v) is 4.95. The monoisotopic (exact) mass is 239 g/mol. The highest BCUT2D eigenvalue weighted by molar-refractivity contribution is 6.31. The minimum atomic E-state index is -0.405. The molecular formula is C9H10ClN5O. The molecule has 0 aliphatic rings. The fourth-order valence-corrected chi connectivity index (χ4v) is 1.57. The van der Waals surface area contributed by atoms with Crippen LogP contribution in [0.4, 0.5) is 5.69 Å². The molecule has 0 radical (unpaired) electrons. The molecule has 16 heavy (non-hydrogen) atoms. The molecule has 0 aromatic carbocycles. The summed E-state index contributed by atoms with van der Waals surface area (Å²) in [5, 5.41) is 4.17. The average molecular weight is 240 g/mol. The number of aromatic amines is 1. The number of nitrogens with zero attached hydrogens (tertiary/aromatic N) is 3. The van der Waals surface area contributed by atoms with E-state index in [0.717, 1.165) is 0 Å². The van der Waals surface area contributed by atoms with Crippen LogP contribution in [-0.4, -0.2) is 19.7 Å². The molecule has 84 valence electrons. The molecule has 0 aliphatic heterocycles. The quantitative estimate of drug-likeness (QED) is 0.771. The summed E-state index contributed by atoms with van der Waals surface area (Å²) in [5.41, 5.74) is 7.33. The first kappa shape index (κ1) is 10.7. The van der Waals surface area contributed by atoms with E-state index in [1.807, 2.05) is 0 Å². The Morgan fingerprint density at radius 2 is 2.19 bits per heavy atom. The Balaban J connectivity index is 2.73. The van der Waals surface area contributed by atoms with Crippen molar-refractivity contribution in [3.63, 3.8) is 0 Å². The van der Waals surface area contributed by atoms with Gasteiger partial charge in [0.2, 0.25) is 0 Å². The smallest absolute Gasteiger partial charge is 0.271 e. The molecule has 0 amide bonds. The van der Waals surface area contributed by atoms with Crippen molar-refractivity contribution in [1.29, 1.82) is 0 Å². The molecule has 3 N–H and O–H groups in total. The second-order valence-electron chi connectivity index (χ2n) is 3.37. The van der Waals surface area contributed by atoms with Crippen molar-refractivity contribution >= 4 is 17.3 Å². The van der Waals surface area contributed by atoms with Gasteiger partial charge in [0, 0.05) is 0 Å². The summed E-state index contributed by atoms with van der Waals surface area (Å²) in [7, 11) is 0. The average Bonchev–Trinajstić information content (AvgIpc) is 2.50. The first-order chi connectivity index (χ1) is 7.52. The Kier molecular flexibility index (Phi) is 2.43. The largest absolute Gasteiger partial charge is 0.396 e. The van der Waals surface area contributed by atoms with Gasteiger partial charge in [-0.2, -0.15) is 5.10 Å². The molecule has 0 saturated carbocycles. The third-order valence-electron chi connectivity index (χ3n) is 2.33. The SMILES string of the molecule is Cc1nn(-c2nc[nH]c(=O)c2Cl)c(C)c1N. The Labute approximate surface area is 96.1 Å². The third-order valence-corrected chi connectivity index (χ3v) is 2.67. The van der Waals surface area contributed by atoms with E-state index in [0.29, 0.717) is 17.1 Å². The number of rotatable bonds is 1. The molecule has 0 unspecified atom stereocenters. The molecule has 0 aliphatic carbocycles. The number of nitrogens with two attached hydrogens (primary N) is 1. The summed E-state index contributed by atoms with van der Waals surface area (Å²) in [4.78, 5) is 17.7. The van der Waals surface area contributed by atoms with Crippen LogP contribution in [0.2, 0.25) is 5.02 Å². The summed E-state index contributed by atoms with van der Waals surface area (Å²) in [6.45, 7) is 3.56. The summed E-state index contributed by atoms with van der Waals surface area (Å²) in [5.74, 6) is 0.280. The lowest BCUT2D eigenvalue weighted by Crippen LogP contribution is -2.13. The maximum absolute atomic E-state index is 11.3. The molecule has 0 bridgehead atoms. The van der Waals surface area contributed by atoms with Crippen LogP contribution in [0.3, 0.4) is 0 Å². The minimum absolute atomic E-state index is 0.00639. The van der Waals surface area contributed by atoms with Gasteiger partial charge in [0.1, 0.15) is 0 Å². The van der Waals surface area contributed by atoms with E-state index in [1.54, 1.807) is 13.8 Å². The van der Waals surface area contributed by atoms with Crippen LogP contribution < -0.4 is 11.3 Å². The summed E-state index contributed by atoms with van der Waals surface area (Å²) < 4.78 is 1.46. The number of aryl methyl sites for hydroxylation is 1. The van der Waals surface area contributed by atoms with Crippen molar-refractivity contribution in [2.75, 3.05) is 5.73 Å². The molecule has 0 fully saturated rings. The Bertz CT molecular complexity index is 600. The van der Waals surface area contributed by atoms with E-state index in [1.165, 1.54) is 11.0 Å². The van der Waals surface area contributed by atoms with Gasteiger partial charge < -0.3 is 10.7 Å². The predicted octanol–water partition coefficient (Wildman–Crippen LogP) is 0.808. The molecule has 0 spiro atoms. The molecular weight excluding hydrogens is 230 g/mol. The molecule has 0 saturated heterocycles. The van der Waals surface area contributed by atoms with Gasteiger partial charge in [-0.05, 0) is 13.8 Å². The molecule has 2 rings (SSSR count). The standard InChI is InChI=1S/C9H10ClN5O/c1-4-7(11)5(2)15(14-4)8-6(10)9(16)13-3-12-8/h3H,11H2,1-2H3,(H,12,13,16). The zero-order valence-corrected chi connectivity index (χ0v) is 9.54. The van der Waals surface area contributed by atoms with Crippen molar-refractivity contribution in [3.05, 3.63) is 33.1 Å². The van der Waals surface area contributed by atoms with E-state index >= 15 is 0 Å². The van der Waals surface area contributed by atoms with E-state index in [2.05, 4.69) is 15.1 Å². The number of nitrogens with one attached hydrogen (secondary N) is 1. The summed E-state index contributed by atoms with van der Waals surface area (Å²) >= 11 is 5.85. The Hall–Kier alpha value is -1.82. The maximum Gasteiger partial charge on any atom is 0.271 e. The normalized spacial score (nSPS) is 10.7. The van der Waals surface area contributed by atoms with Crippen LogP contribution in [0.15, 0.2) is 11.1 Å². The van der Waals surface area contributed by atoms with Crippen molar-refractivity contribution < 1.29 is 0 Å². The molecule has 0 atom stereocenters. The molecule has 2 heterocycles. The summed E-state index contributed by atoms with van der Waals surface area (Å²) in [6, 6.07) is 0. The highest BCUT2D eigenvalue weighted by Gasteiger charge is 2.14. The van der Waals surface area contributed by atoms with Gasteiger partial charge in [0.25, 0.3) is 5.56 Å². The topological polar surface area (TPSA) is 89.6 Å².